The molecule has 0 bridgehead atoms. The zero-order valence-electron chi connectivity index (χ0n) is 12.1. The molecule has 0 aliphatic heterocycles. The van der Waals surface area contributed by atoms with Crippen molar-refractivity contribution in [2.75, 3.05) is 17.7 Å². The van der Waals surface area contributed by atoms with Crippen LogP contribution in [0.3, 0.4) is 0 Å². The highest BCUT2D eigenvalue weighted by Gasteiger charge is 2.17. The van der Waals surface area contributed by atoms with E-state index in [1.807, 2.05) is 25.1 Å². The van der Waals surface area contributed by atoms with Crippen LogP contribution in [0.2, 0.25) is 0 Å². The van der Waals surface area contributed by atoms with Crippen LogP contribution < -0.4 is 15.8 Å². The Morgan fingerprint density at radius 1 is 1.26 bits per heavy atom. The van der Waals surface area contributed by atoms with Crippen LogP contribution in [0.25, 0.3) is 0 Å². The molecule has 3 nitrogen and oxygen atoms in total. The van der Waals surface area contributed by atoms with Gasteiger partial charge in [-0.25, -0.2) is 0 Å². The van der Waals surface area contributed by atoms with Gasteiger partial charge in [-0.1, -0.05) is 25.8 Å². The number of nitrogen functional groups attached to an aromatic ring is 1. The summed E-state index contributed by atoms with van der Waals surface area (Å²) in [5.41, 5.74) is 7.92. The summed E-state index contributed by atoms with van der Waals surface area (Å²) in [6, 6.07) is 6.53. The van der Waals surface area contributed by atoms with Crippen LogP contribution in [0, 0.1) is 5.92 Å². The Morgan fingerprint density at radius 2 is 2.11 bits per heavy atom. The number of hydrogen-bond donors (Lipinski definition) is 2. The molecule has 1 aromatic rings. The normalized spacial score (nSPS) is 23.7. The van der Waals surface area contributed by atoms with E-state index in [4.69, 9.17) is 10.5 Å². The van der Waals surface area contributed by atoms with Crippen LogP contribution in [0.1, 0.15) is 46.0 Å². The van der Waals surface area contributed by atoms with E-state index in [1.54, 1.807) is 0 Å². The first-order valence-corrected chi connectivity index (χ1v) is 7.48. The summed E-state index contributed by atoms with van der Waals surface area (Å²) in [7, 11) is 0. The molecule has 1 fully saturated rings. The summed E-state index contributed by atoms with van der Waals surface area (Å²) in [6.07, 6.45) is 6.45. The van der Waals surface area contributed by atoms with Crippen molar-refractivity contribution in [3.63, 3.8) is 0 Å². The van der Waals surface area contributed by atoms with Crippen molar-refractivity contribution in [1.29, 1.82) is 0 Å². The molecule has 0 spiro atoms. The largest absolute Gasteiger partial charge is 0.492 e. The lowest BCUT2D eigenvalue weighted by molar-refractivity contribution is 0.342. The van der Waals surface area contributed by atoms with Gasteiger partial charge in [0.25, 0.3) is 0 Å². The Hall–Kier alpha value is -1.38. The summed E-state index contributed by atoms with van der Waals surface area (Å²) in [4.78, 5) is 0. The summed E-state index contributed by atoms with van der Waals surface area (Å²) in [5, 5.41) is 3.60. The zero-order chi connectivity index (χ0) is 13.7. The minimum atomic E-state index is 0.545. The molecule has 0 saturated heterocycles. The number of rotatable bonds is 4. The van der Waals surface area contributed by atoms with Gasteiger partial charge >= 0.3 is 0 Å². The Morgan fingerprint density at radius 3 is 2.89 bits per heavy atom. The summed E-state index contributed by atoms with van der Waals surface area (Å²) >= 11 is 0. The molecule has 2 rings (SSSR count). The molecule has 1 saturated carbocycles. The summed E-state index contributed by atoms with van der Waals surface area (Å²) in [5.74, 6) is 1.65. The molecule has 19 heavy (non-hydrogen) atoms. The van der Waals surface area contributed by atoms with E-state index in [0.29, 0.717) is 12.6 Å². The van der Waals surface area contributed by atoms with Crippen LogP contribution in [0.15, 0.2) is 18.2 Å². The topological polar surface area (TPSA) is 47.3 Å². The number of anilines is 2. The lowest BCUT2D eigenvalue weighted by atomic mass is 10.0. The number of para-hydroxylation sites is 1. The number of ether oxygens (including phenoxy) is 1. The molecule has 1 aromatic carbocycles. The molecule has 106 valence electrons. The van der Waals surface area contributed by atoms with Crippen LogP contribution in [0.5, 0.6) is 5.75 Å². The Kier molecular flexibility index (Phi) is 4.94. The average Bonchev–Trinajstić information content (AvgIpc) is 2.60. The summed E-state index contributed by atoms with van der Waals surface area (Å²) < 4.78 is 5.54. The Balaban J connectivity index is 2.04. The van der Waals surface area contributed by atoms with Gasteiger partial charge in [-0.05, 0) is 44.2 Å². The molecule has 2 unspecified atom stereocenters. The van der Waals surface area contributed by atoms with Crippen molar-refractivity contribution in [3.05, 3.63) is 18.2 Å². The fraction of sp³-hybridized carbons (Fsp3) is 0.625. The quantitative estimate of drug-likeness (QED) is 0.635. The van der Waals surface area contributed by atoms with Gasteiger partial charge in [0.05, 0.1) is 18.0 Å². The number of nitrogens with two attached hydrogens (primary N) is 1. The minimum absolute atomic E-state index is 0.545. The maximum atomic E-state index is 6.17. The van der Waals surface area contributed by atoms with Gasteiger partial charge in [-0.15, -0.1) is 0 Å². The van der Waals surface area contributed by atoms with Gasteiger partial charge in [-0.3, -0.25) is 0 Å². The number of benzene rings is 1. The van der Waals surface area contributed by atoms with E-state index in [2.05, 4.69) is 12.2 Å². The zero-order valence-corrected chi connectivity index (χ0v) is 12.1. The van der Waals surface area contributed by atoms with Crippen molar-refractivity contribution in [3.8, 4) is 5.75 Å². The predicted octanol–water partition coefficient (Wildman–Crippen LogP) is 4.05. The molecule has 3 N–H and O–H groups in total. The van der Waals surface area contributed by atoms with Gasteiger partial charge in [0.15, 0.2) is 0 Å². The molecule has 1 aliphatic rings. The van der Waals surface area contributed by atoms with Gasteiger partial charge in [0.2, 0.25) is 0 Å². The number of hydrogen-bond acceptors (Lipinski definition) is 3. The van der Waals surface area contributed by atoms with Crippen molar-refractivity contribution >= 4 is 11.4 Å². The van der Waals surface area contributed by atoms with Crippen LogP contribution in [0.4, 0.5) is 11.4 Å². The molecular weight excluding hydrogens is 236 g/mol. The third kappa shape index (κ3) is 3.79. The van der Waals surface area contributed by atoms with Crippen molar-refractivity contribution in [1.82, 2.24) is 0 Å². The van der Waals surface area contributed by atoms with Gasteiger partial charge in [-0.2, -0.15) is 0 Å². The van der Waals surface area contributed by atoms with E-state index in [-0.39, 0.29) is 0 Å². The van der Waals surface area contributed by atoms with Crippen LogP contribution >= 0.6 is 0 Å². The fourth-order valence-electron chi connectivity index (χ4n) is 2.80. The van der Waals surface area contributed by atoms with E-state index in [1.165, 1.54) is 32.1 Å². The molecular formula is C16H26N2O. The van der Waals surface area contributed by atoms with E-state index in [9.17, 15) is 0 Å². The highest BCUT2D eigenvalue weighted by molar-refractivity contribution is 5.73. The second kappa shape index (κ2) is 6.69. The highest BCUT2D eigenvalue weighted by Crippen LogP contribution is 2.32. The predicted molar refractivity (Wildman–Crippen MR) is 81.7 cm³/mol. The molecule has 0 aromatic heterocycles. The Labute approximate surface area is 116 Å². The maximum Gasteiger partial charge on any atom is 0.144 e. The molecule has 3 heteroatoms. The molecule has 0 radical (unpaired) electrons. The minimum Gasteiger partial charge on any atom is -0.492 e. The first-order valence-electron chi connectivity index (χ1n) is 7.48. The first-order chi connectivity index (χ1) is 9.20. The number of nitrogens with one attached hydrogen (secondary N) is 1. The average molecular weight is 262 g/mol. The van der Waals surface area contributed by atoms with E-state index < -0.39 is 0 Å². The smallest absolute Gasteiger partial charge is 0.144 e. The summed E-state index contributed by atoms with van der Waals surface area (Å²) in [6.45, 7) is 4.98. The van der Waals surface area contributed by atoms with Gasteiger partial charge in [0, 0.05) is 6.04 Å². The second-order valence-corrected chi connectivity index (χ2v) is 5.61. The van der Waals surface area contributed by atoms with Crippen molar-refractivity contribution in [2.45, 2.75) is 52.0 Å². The van der Waals surface area contributed by atoms with Gasteiger partial charge < -0.3 is 15.8 Å². The SMILES string of the molecule is CCOc1cccc(NC2CCCC(C)CC2)c1N. The molecule has 1 aliphatic carbocycles. The highest BCUT2D eigenvalue weighted by atomic mass is 16.5. The lowest BCUT2D eigenvalue weighted by Gasteiger charge is -2.20. The monoisotopic (exact) mass is 262 g/mol. The molecule has 2 atom stereocenters. The third-order valence-corrected chi connectivity index (χ3v) is 3.98. The van der Waals surface area contributed by atoms with Gasteiger partial charge in [0.1, 0.15) is 5.75 Å². The van der Waals surface area contributed by atoms with Crippen LogP contribution in [-0.4, -0.2) is 12.6 Å². The van der Waals surface area contributed by atoms with Crippen molar-refractivity contribution in [2.24, 2.45) is 5.92 Å². The van der Waals surface area contributed by atoms with Crippen LogP contribution in [-0.2, 0) is 0 Å². The first kappa shape index (κ1) is 14.0. The fourth-order valence-corrected chi connectivity index (χ4v) is 2.80. The molecule has 0 heterocycles. The van der Waals surface area contributed by atoms with Crippen molar-refractivity contribution < 1.29 is 4.74 Å². The molecule has 0 amide bonds. The lowest BCUT2D eigenvalue weighted by Crippen LogP contribution is -2.19. The Bertz CT molecular complexity index is 406. The van der Waals surface area contributed by atoms with E-state index >= 15 is 0 Å². The van der Waals surface area contributed by atoms with E-state index in [0.717, 1.165) is 23.0 Å². The standard InChI is InChI=1S/C16H26N2O/c1-3-19-15-9-5-8-14(16(15)17)18-13-7-4-6-12(2)10-11-13/h5,8-9,12-13,18H,3-4,6-7,10-11,17H2,1-2H3. The maximum absolute atomic E-state index is 6.17. The third-order valence-electron chi connectivity index (χ3n) is 3.98. The second-order valence-electron chi connectivity index (χ2n) is 5.61.